The van der Waals surface area contributed by atoms with Crippen molar-refractivity contribution in [1.29, 1.82) is 0 Å². The van der Waals surface area contributed by atoms with Crippen LogP contribution in [0.2, 0.25) is 0 Å². The van der Waals surface area contributed by atoms with Crippen LogP contribution in [-0.4, -0.2) is 22.5 Å². The normalized spacial score (nSPS) is 12.4. The molecule has 0 spiro atoms. The van der Waals surface area contributed by atoms with Crippen LogP contribution in [0.15, 0.2) is 66.7 Å². The molecule has 0 radical (unpaired) electrons. The van der Waals surface area contributed by atoms with E-state index in [9.17, 15) is 26.3 Å². The summed E-state index contributed by atoms with van der Waals surface area (Å²) in [6, 6.07) is 16.1. The molecule has 27 heavy (non-hydrogen) atoms. The lowest BCUT2D eigenvalue weighted by molar-refractivity contribution is -0.253. The van der Waals surface area contributed by atoms with Crippen molar-refractivity contribution >= 4 is 0 Å². The summed E-state index contributed by atoms with van der Waals surface area (Å²) < 4.78 is 80.2. The van der Waals surface area contributed by atoms with Gasteiger partial charge in [0, 0.05) is 16.7 Å². The Bertz CT molecular complexity index is 891. The van der Waals surface area contributed by atoms with Gasteiger partial charge in [-0.25, -0.2) is 0 Å². The monoisotopic (exact) mass is 382 g/mol. The van der Waals surface area contributed by atoms with Crippen LogP contribution in [0.4, 0.5) is 26.3 Å². The summed E-state index contributed by atoms with van der Waals surface area (Å²) in [5.41, 5.74) is -0.999. The minimum absolute atomic E-state index is 0.0659. The summed E-state index contributed by atoms with van der Waals surface area (Å²) in [5.74, 6) is -3.67. The highest BCUT2D eigenvalue weighted by molar-refractivity contribution is 5.68. The number of hydrogen-bond donors (Lipinski definition) is 0. The number of aromatic nitrogens is 2. The smallest absolute Gasteiger partial charge is 0.170 e. The first-order valence-electron chi connectivity index (χ1n) is 7.80. The maximum Gasteiger partial charge on any atom is 0.404 e. The first-order chi connectivity index (χ1) is 12.7. The number of halogens is 6. The van der Waals surface area contributed by atoms with Gasteiger partial charge in [-0.05, 0) is 6.07 Å². The summed E-state index contributed by atoms with van der Waals surface area (Å²) in [4.78, 5) is 0. The van der Waals surface area contributed by atoms with E-state index < -0.39 is 29.5 Å². The van der Waals surface area contributed by atoms with Gasteiger partial charge in [0.25, 0.3) is 0 Å². The molecule has 0 saturated carbocycles. The molecule has 3 rings (SSSR count). The molecule has 2 aromatic carbocycles. The Kier molecular flexibility index (Phi) is 4.91. The maximum atomic E-state index is 13.4. The predicted octanol–water partition coefficient (Wildman–Crippen LogP) is 6.02. The lowest BCUT2D eigenvalue weighted by Crippen LogP contribution is -2.34. The van der Waals surface area contributed by atoms with Crippen LogP contribution in [0.25, 0.3) is 22.5 Å². The van der Waals surface area contributed by atoms with Crippen molar-refractivity contribution in [2.24, 2.45) is 0 Å². The van der Waals surface area contributed by atoms with E-state index in [1.807, 2.05) is 0 Å². The molecule has 1 heterocycles. The van der Waals surface area contributed by atoms with Crippen molar-refractivity contribution in [3.63, 3.8) is 0 Å². The summed E-state index contributed by atoms with van der Waals surface area (Å²) in [6.07, 6.45) is -11.1. The Morgan fingerprint density at radius 1 is 0.630 bits per heavy atom. The molecule has 0 fully saturated rings. The van der Waals surface area contributed by atoms with E-state index in [0.29, 0.717) is 5.56 Å². The predicted molar refractivity (Wildman–Crippen MR) is 87.8 cm³/mol. The molecular weight excluding hydrogens is 370 g/mol. The van der Waals surface area contributed by atoms with Gasteiger partial charge in [-0.3, -0.25) is 0 Å². The molecule has 8 heteroatoms. The second kappa shape index (κ2) is 7.02. The number of hydrogen-bond acceptors (Lipinski definition) is 2. The van der Waals surface area contributed by atoms with Gasteiger partial charge in [-0.2, -0.15) is 26.3 Å². The largest absolute Gasteiger partial charge is 0.404 e. The number of alkyl halides is 6. The number of rotatable bonds is 3. The first kappa shape index (κ1) is 18.9. The fourth-order valence-corrected chi connectivity index (χ4v) is 2.73. The fourth-order valence-electron chi connectivity index (χ4n) is 2.73. The fraction of sp³-hybridized carbons (Fsp3) is 0.158. The van der Waals surface area contributed by atoms with Crippen molar-refractivity contribution in [2.75, 3.05) is 0 Å². The molecule has 0 N–H and O–H groups in total. The van der Waals surface area contributed by atoms with Gasteiger partial charge in [0.1, 0.15) is 0 Å². The Labute approximate surface area is 150 Å². The van der Waals surface area contributed by atoms with Crippen LogP contribution in [0, 0.1) is 0 Å². The topological polar surface area (TPSA) is 25.8 Å². The van der Waals surface area contributed by atoms with E-state index in [1.54, 1.807) is 24.3 Å². The van der Waals surface area contributed by atoms with E-state index in [2.05, 4.69) is 10.2 Å². The average molecular weight is 382 g/mol. The third-order valence-corrected chi connectivity index (χ3v) is 3.91. The second-order valence-electron chi connectivity index (χ2n) is 5.78. The minimum Gasteiger partial charge on any atom is -0.170 e. The van der Waals surface area contributed by atoms with Crippen molar-refractivity contribution < 1.29 is 26.3 Å². The van der Waals surface area contributed by atoms with Crippen LogP contribution in [0.3, 0.4) is 0 Å². The van der Waals surface area contributed by atoms with Crippen LogP contribution in [0.1, 0.15) is 11.5 Å². The minimum atomic E-state index is -5.53. The third-order valence-electron chi connectivity index (χ3n) is 3.91. The molecule has 140 valence electrons. The van der Waals surface area contributed by atoms with Gasteiger partial charge in [0.05, 0.1) is 11.4 Å². The molecule has 2 nitrogen and oxygen atoms in total. The van der Waals surface area contributed by atoms with Gasteiger partial charge >= 0.3 is 12.4 Å². The Morgan fingerprint density at radius 3 is 1.59 bits per heavy atom. The molecule has 0 bridgehead atoms. The van der Waals surface area contributed by atoms with Crippen LogP contribution in [0.5, 0.6) is 0 Å². The Hall–Kier alpha value is -2.90. The van der Waals surface area contributed by atoms with Crippen LogP contribution in [-0.2, 0) is 0 Å². The van der Waals surface area contributed by atoms with Crippen molar-refractivity contribution in [3.8, 4) is 22.5 Å². The van der Waals surface area contributed by atoms with E-state index in [-0.39, 0.29) is 11.3 Å². The summed E-state index contributed by atoms with van der Waals surface area (Å²) in [6.45, 7) is 0. The van der Waals surface area contributed by atoms with E-state index in [1.165, 1.54) is 36.4 Å². The molecule has 0 saturated heterocycles. The number of benzene rings is 2. The zero-order valence-corrected chi connectivity index (χ0v) is 13.6. The first-order valence-corrected chi connectivity index (χ1v) is 7.80. The molecule has 0 aliphatic rings. The number of nitrogens with zero attached hydrogens (tertiary/aromatic N) is 2. The maximum absolute atomic E-state index is 13.4. The van der Waals surface area contributed by atoms with Gasteiger partial charge in [0.2, 0.25) is 0 Å². The van der Waals surface area contributed by atoms with Crippen LogP contribution >= 0.6 is 0 Å². The van der Waals surface area contributed by atoms with Gasteiger partial charge in [0.15, 0.2) is 5.92 Å². The van der Waals surface area contributed by atoms with Gasteiger partial charge < -0.3 is 0 Å². The van der Waals surface area contributed by atoms with E-state index in [0.717, 1.165) is 6.07 Å². The molecule has 0 aliphatic carbocycles. The molecule has 0 atom stereocenters. The zero-order chi connectivity index (χ0) is 19.7. The lowest BCUT2D eigenvalue weighted by atomic mass is 9.92. The summed E-state index contributed by atoms with van der Waals surface area (Å²) >= 11 is 0. The average Bonchev–Trinajstić information content (AvgIpc) is 2.61. The summed E-state index contributed by atoms with van der Waals surface area (Å²) in [5, 5.41) is 7.57. The van der Waals surface area contributed by atoms with Crippen LogP contribution < -0.4 is 0 Å². The third kappa shape index (κ3) is 4.10. The summed E-state index contributed by atoms with van der Waals surface area (Å²) in [7, 11) is 0. The molecule has 1 aromatic heterocycles. The molecule has 0 aliphatic heterocycles. The van der Waals surface area contributed by atoms with E-state index >= 15 is 0 Å². The molecule has 3 aromatic rings. The highest BCUT2D eigenvalue weighted by Crippen LogP contribution is 2.48. The Morgan fingerprint density at radius 2 is 1.11 bits per heavy atom. The van der Waals surface area contributed by atoms with Gasteiger partial charge in [-0.1, -0.05) is 60.7 Å². The van der Waals surface area contributed by atoms with Crippen molar-refractivity contribution in [3.05, 3.63) is 72.3 Å². The highest BCUT2D eigenvalue weighted by atomic mass is 19.4. The SMILES string of the molecule is FC(F)(F)C(c1cc(-c2ccccc2)nnc1-c1ccccc1)C(F)(F)F. The lowest BCUT2D eigenvalue weighted by Gasteiger charge is -2.25. The zero-order valence-electron chi connectivity index (χ0n) is 13.6. The molecular formula is C19H12F6N2. The molecule has 0 unspecified atom stereocenters. The van der Waals surface area contributed by atoms with Crippen molar-refractivity contribution in [2.45, 2.75) is 18.3 Å². The quantitative estimate of drug-likeness (QED) is 0.518. The highest BCUT2D eigenvalue weighted by Gasteiger charge is 2.58. The van der Waals surface area contributed by atoms with E-state index in [4.69, 9.17) is 0 Å². The Balaban J connectivity index is 2.27. The standard InChI is InChI=1S/C19H12F6N2/c20-18(21,22)17(19(23,24)25)14-11-15(12-7-3-1-4-8-12)26-27-16(14)13-9-5-2-6-10-13/h1-11,17H. The van der Waals surface area contributed by atoms with Gasteiger partial charge in [-0.15, -0.1) is 10.2 Å². The second-order valence-corrected chi connectivity index (χ2v) is 5.78. The molecule has 0 amide bonds. The van der Waals surface area contributed by atoms with Crippen molar-refractivity contribution in [1.82, 2.24) is 10.2 Å².